The second kappa shape index (κ2) is 8.73. The quantitative estimate of drug-likeness (QED) is 0.212. The summed E-state index contributed by atoms with van der Waals surface area (Å²) in [7, 11) is 0. The van der Waals surface area contributed by atoms with Gasteiger partial charge in [-0.1, -0.05) is 47.7 Å². The molecule has 0 bridgehead atoms. The Bertz CT molecular complexity index is 1650. The third-order valence-electron chi connectivity index (χ3n) is 5.38. The molecule has 0 aliphatic rings. The lowest BCUT2D eigenvalue weighted by Crippen LogP contribution is -2.22. The number of fused-ring (bicyclic) bond motifs is 4. The van der Waals surface area contributed by atoms with E-state index in [1.54, 1.807) is 22.8 Å². The molecule has 0 unspecified atom stereocenters. The average Bonchev–Trinajstić information content (AvgIpc) is 3.16. The molecule has 0 saturated heterocycles. The van der Waals surface area contributed by atoms with Crippen LogP contribution in [0.2, 0.25) is 0 Å². The Morgan fingerprint density at radius 2 is 1.97 bits per heavy atom. The van der Waals surface area contributed by atoms with Gasteiger partial charge in [-0.3, -0.25) is 4.79 Å². The predicted molar refractivity (Wildman–Crippen MR) is 126 cm³/mol. The molecule has 33 heavy (non-hydrogen) atoms. The van der Waals surface area contributed by atoms with E-state index in [0.717, 1.165) is 10.8 Å². The Labute approximate surface area is 191 Å². The highest BCUT2D eigenvalue weighted by atomic mass is 32.1. The minimum Gasteiger partial charge on any atom is -0.422 e. The Morgan fingerprint density at radius 3 is 2.82 bits per heavy atom. The van der Waals surface area contributed by atoms with Crippen LogP contribution >= 0.6 is 11.3 Å². The first-order valence-corrected chi connectivity index (χ1v) is 11.3. The van der Waals surface area contributed by atoms with Gasteiger partial charge in [0.05, 0.1) is 16.8 Å². The molecule has 166 valence electrons. The first-order chi connectivity index (χ1) is 16.1. The van der Waals surface area contributed by atoms with Crippen LogP contribution in [0.15, 0.2) is 74.9 Å². The summed E-state index contributed by atoms with van der Waals surface area (Å²) in [6.45, 7) is 3.04. The number of aromatic nitrogens is 1. The van der Waals surface area contributed by atoms with E-state index in [1.807, 2.05) is 37.3 Å². The van der Waals surface area contributed by atoms with Crippen molar-refractivity contribution in [2.24, 2.45) is 4.99 Å². The maximum Gasteiger partial charge on any atom is 0.349 e. The first-order valence-electron chi connectivity index (χ1n) is 10.5. The second-order valence-electron chi connectivity index (χ2n) is 7.38. The number of nitrogens with zero attached hydrogens (tertiary/aromatic N) is 2. The Balaban J connectivity index is 1.67. The summed E-state index contributed by atoms with van der Waals surface area (Å²) in [5, 5.41) is 2.48. The van der Waals surface area contributed by atoms with Crippen LogP contribution in [-0.4, -0.2) is 23.7 Å². The van der Waals surface area contributed by atoms with Gasteiger partial charge in [0.1, 0.15) is 17.0 Å². The highest BCUT2D eigenvalue weighted by Gasteiger charge is 2.17. The van der Waals surface area contributed by atoms with Crippen molar-refractivity contribution >= 4 is 49.2 Å². The molecular formula is C25H19FN2O4S. The summed E-state index contributed by atoms with van der Waals surface area (Å²) in [6.07, 6.45) is 0. The molecule has 8 heteroatoms. The molecule has 5 aromatic rings. The van der Waals surface area contributed by atoms with Gasteiger partial charge in [-0.05, 0) is 42.0 Å². The van der Waals surface area contributed by atoms with E-state index in [2.05, 4.69) is 4.99 Å². The van der Waals surface area contributed by atoms with Crippen LogP contribution in [0.1, 0.15) is 17.3 Å². The maximum atomic E-state index is 14.6. The average molecular weight is 463 g/mol. The number of benzene rings is 3. The first kappa shape index (κ1) is 21.2. The van der Waals surface area contributed by atoms with E-state index in [1.165, 1.54) is 23.5 Å². The molecule has 1 amide bonds. The SMILES string of the molecule is CCOCCn1c(=NC(=O)c2cc3c(ccc4ccccc43)oc2=O)sc2cccc(F)c21. The molecule has 2 aromatic heterocycles. The summed E-state index contributed by atoms with van der Waals surface area (Å²) in [5.74, 6) is -1.15. The fourth-order valence-corrected chi connectivity index (χ4v) is 4.92. The summed E-state index contributed by atoms with van der Waals surface area (Å²) < 4.78 is 27.7. The van der Waals surface area contributed by atoms with Gasteiger partial charge in [-0.2, -0.15) is 4.99 Å². The minimum absolute atomic E-state index is 0.173. The number of halogens is 1. The number of rotatable bonds is 5. The Kier molecular flexibility index (Phi) is 5.62. The van der Waals surface area contributed by atoms with Crippen LogP contribution in [0.25, 0.3) is 32.0 Å². The van der Waals surface area contributed by atoms with Crippen molar-refractivity contribution in [1.82, 2.24) is 4.57 Å². The lowest BCUT2D eigenvalue weighted by molar-refractivity contribution is 0.0993. The van der Waals surface area contributed by atoms with Gasteiger partial charge in [0.15, 0.2) is 4.80 Å². The normalized spacial score (nSPS) is 12.2. The van der Waals surface area contributed by atoms with E-state index in [0.29, 0.717) is 40.9 Å². The second-order valence-corrected chi connectivity index (χ2v) is 8.39. The zero-order valence-electron chi connectivity index (χ0n) is 17.7. The minimum atomic E-state index is -0.764. The topological polar surface area (TPSA) is 73.8 Å². The number of carbonyl (C=O) groups excluding carboxylic acids is 1. The van der Waals surface area contributed by atoms with E-state index in [9.17, 15) is 14.0 Å². The summed E-state index contributed by atoms with van der Waals surface area (Å²) in [4.78, 5) is 30.2. The molecule has 6 nitrogen and oxygen atoms in total. The van der Waals surface area contributed by atoms with E-state index in [4.69, 9.17) is 9.15 Å². The fraction of sp³-hybridized carbons (Fsp3) is 0.160. The van der Waals surface area contributed by atoms with Crippen molar-refractivity contribution in [3.63, 3.8) is 0 Å². The number of ether oxygens (including phenoxy) is 1. The number of carbonyl (C=O) groups is 1. The van der Waals surface area contributed by atoms with Gasteiger partial charge in [0.25, 0.3) is 5.91 Å². The Hall–Kier alpha value is -3.62. The summed E-state index contributed by atoms with van der Waals surface area (Å²) in [5.41, 5.74) is -0.191. The number of para-hydroxylation sites is 1. The van der Waals surface area contributed by atoms with Gasteiger partial charge < -0.3 is 13.7 Å². The van der Waals surface area contributed by atoms with Crippen LogP contribution < -0.4 is 10.4 Å². The third kappa shape index (κ3) is 3.88. The van der Waals surface area contributed by atoms with Crippen LogP contribution in [-0.2, 0) is 11.3 Å². The summed E-state index contributed by atoms with van der Waals surface area (Å²) in [6, 6.07) is 17.5. The molecule has 0 saturated carbocycles. The van der Waals surface area contributed by atoms with Crippen molar-refractivity contribution in [2.75, 3.05) is 13.2 Å². The van der Waals surface area contributed by atoms with Crippen molar-refractivity contribution in [3.05, 3.63) is 87.3 Å². The van der Waals surface area contributed by atoms with Crippen LogP contribution in [0.3, 0.4) is 0 Å². The monoisotopic (exact) mass is 462 g/mol. The molecule has 0 fully saturated rings. The van der Waals surface area contributed by atoms with Gasteiger partial charge in [-0.25, -0.2) is 9.18 Å². The fourth-order valence-electron chi connectivity index (χ4n) is 3.85. The third-order valence-corrected chi connectivity index (χ3v) is 6.43. The largest absolute Gasteiger partial charge is 0.422 e. The van der Waals surface area contributed by atoms with Crippen molar-refractivity contribution in [1.29, 1.82) is 0 Å². The zero-order chi connectivity index (χ0) is 22.9. The molecule has 3 aromatic carbocycles. The van der Waals surface area contributed by atoms with Gasteiger partial charge in [-0.15, -0.1) is 0 Å². The molecule has 0 spiro atoms. The zero-order valence-corrected chi connectivity index (χ0v) is 18.5. The van der Waals surface area contributed by atoms with E-state index in [-0.39, 0.29) is 10.4 Å². The smallest absolute Gasteiger partial charge is 0.349 e. The molecule has 0 N–H and O–H groups in total. The van der Waals surface area contributed by atoms with Crippen LogP contribution in [0, 0.1) is 5.82 Å². The number of amides is 1. The molecule has 0 atom stereocenters. The maximum absolute atomic E-state index is 14.6. The highest BCUT2D eigenvalue weighted by molar-refractivity contribution is 7.16. The molecule has 0 aliphatic carbocycles. The number of hydrogen-bond donors (Lipinski definition) is 0. The predicted octanol–water partition coefficient (Wildman–Crippen LogP) is 4.88. The van der Waals surface area contributed by atoms with Gasteiger partial charge in [0.2, 0.25) is 0 Å². The highest BCUT2D eigenvalue weighted by Crippen LogP contribution is 2.25. The number of thiazole rings is 1. The van der Waals surface area contributed by atoms with Gasteiger partial charge >= 0.3 is 5.63 Å². The standard InChI is InChI=1S/C25H19FN2O4S/c1-2-31-13-12-28-22-19(26)8-5-9-21(22)33-25(28)27-23(29)18-14-17-16-7-4-3-6-15(16)10-11-20(17)32-24(18)30/h3-11,14H,2,12-13H2,1H3. The molecule has 0 radical (unpaired) electrons. The number of hydrogen-bond acceptors (Lipinski definition) is 5. The molecule has 2 heterocycles. The van der Waals surface area contributed by atoms with Crippen LogP contribution in [0.4, 0.5) is 4.39 Å². The van der Waals surface area contributed by atoms with E-state index >= 15 is 0 Å². The molecular weight excluding hydrogens is 443 g/mol. The molecule has 5 rings (SSSR count). The Morgan fingerprint density at radius 1 is 1.12 bits per heavy atom. The lowest BCUT2D eigenvalue weighted by Gasteiger charge is -2.06. The van der Waals surface area contributed by atoms with Crippen molar-refractivity contribution in [3.8, 4) is 0 Å². The molecule has 0 aliphatic heterocycles. The van der Waals surface area contributed by atoms with Gasteiger partial charge in [0, 0.05) is 18.5 Å². The van der Waals surface area contributed by atoms with Crippen LogP contribution in [0.5, 0.6) is 0 Å². The van der Waals surface area contributed by atoms with Crippen molar-refractivity contribution < 1.29 is 18.3 Å². The lowest BCUT2D eigenvalue weighted by atomic mass is 10.0. The summed E-state index contributed by atoms with van der Waals surface area (Å²) >= 11 is 1.18. The van der Waals surface area contributed by atoms with Crippen molar-refractivity contribution in [2.45, 2.75) is 13.5 Å². The van der Waals surface area contributed by atoms with E-state index < -0.39 is 17.3 Å².